The molecule has 1 aromatic heterocycles. The predicted molar refractivity (Wildman–Crippen MR) is 79.3 cm³/mol. The molecule has 2 N–H and O–H groups in total. The van der Waals surface area contributed by atoms with Gasteiger partial charge in [-0.25, -0.2) is 0 Å². The summed E-state index contributed by atoms with van der Waals surface area (Å²) in [4.78, 5) is 0. The van der Waals surface area contributed by atoms with Crippen molar-refractivity contribution in [1.29, 1.82) is 0 Å². The normalized spacial score (nSPS) is 11.2. The first-order valence-electron chi connectivity index (χ1n) is 6.06. The summed E-state index contributed by atoms with van der Waals surface area (Å²) in [5, 5.41) is 4.21. The molecule has 2 rings (SSSR count). The summed E-state index contributed by atoms with van der Waals surface area (Å²) in [6, 6.07) is 8.59. The molecule has 0 fully saturated rings. The van der Waals surface area contributed by atoms with Gasteiger partial charge >= 0.3 is 0 Å². The summed E-state index contributed by atoms with van der Waals surface area (Å²) in [7, 11) is 1.90. The van der Waals surface area contributed by atoms with Crippen LogP contribution in [0.15, 0.2) is 28.7 Å². The third-order valence-electron chi connectivity index (χ3n) is 2.89. The maximum atomic E-state index is 5.80. The third-order valence-corrected chi connectivity index (χ3v) is 3.67. The fraction of sp³-hybridized carbons (Fsp3) is 0.357. The van der Waals surface area contributed by atoms with Gasteiger partial charge in [-0.1, -0.05) is 38.1 Å². The van der Waals surface area contributed by atoms with Crippen molar-refractivity contribution < 1.29 is 0 Å². The zero-order chi connectivity index (χ0) is 13.3. The Bertz CT molecular complexity index is 541. The Hall–Kier alpha value is -1.29. The third kappa shape index (κ3) is 2.58. The Morgan fingerprint density at radius 1 is 1.28 bits per heavy atom. The van der Waals surface area contributed by atoms with Crippen molar-refractivity contribution >= 4 is 21.7 Å². The van der Waals surface area contributed by atoms with Gasteiger partial charge in [-0.3, -0.25) is 4.68 Å². The van der Waals surface area contributed by atoms with Crippen LogP contribution in [0.4, 0.5) is 5.82 Å². The number of halogens is 1. The molecule has 0 atom stereocenters. The van der Waals surface area contributed by atoms with Gasteiger partial charge in [0.05, 0.1) is 10.2 Å². The van der Waals surface area contributed by atoms with Crippen molar-refractivity contribution in [1.82, 2.24) is 9.78 Å². The van der Waals surface area contributed by atoms with Crippen LogP contribution in [0.3, 0.4) is 0 Å². The number of nitrogens with two attached hydrogens (primary N) is 1. The van der Waals surface area contributed by atoms with E-state index in [1.54, 1.807) is 4.68 Å². The van der Waals surface area contributed by atoms with Crippen molar-refractivity contribution in [3.8, 4) is 11.3 Å². The van der Waals surface area contributed by atoms with Crippen LogP contribution in [0.25, 0.3) is 11.3 Å². The quantitative estimate of drug-likeness (QED) is 0.941. The minimum Gasteiger partial charge on any atom is -0.381 e. The molecular formula is C14H18BrN3. The molecule has 2 aromatic rings. The van der Waals surface area contributed by atoms with Crippen LogP contribution >= 0.6 is 15.9 Å². The lowest BCUT2D eigenvalue weighted by molar-refractivity contribution is 0.647. The van der Waals surface area contributed by atoms with Crippen molar-refractivity contribution in [2.24, 2.45) is 13.0 Å². The Morgan fingerprint density at radius 3 is 2.33 bits per heavy atom. The number of anilines is 1. The van der Waals surface area contributed by atoms with Gasteiger partial charge in [-0.05, 0) is 33.8 Å². The molecule has 18 heavy (non-hydrogen) atoms. The first kappa shape index (κ1) is 13.1. The van der Waals surface area contributed by atoms with Gasteiger partial charge in [0.2, 0.25) is 0 Å². The Morgan fingerprint density at radius 2 is 1.89 bits per heavy atom. The first-order valence-corrected chi connectivity index (χ1v) is 6.85. The van der Waals surface area contributed by atoms with Crippen LogP contribution in [0.5, 0.6) is 0 Å². The van der Waals surface area contributed by atoms with E-state index in [-0.39, 0.29) is 0 Å². The molecule has 0 amide bonds. The van der Waals surface area contributed by atoms with E-state index < -0.39 is 0 Å². The van der Waals surface area contributed by atoms with Gasteiger partial charge < -0.3 is 5.73 Å². The molecule has 0 unspecified atom stereocenters. The number of nitrogens with zero attached hydrogens (tertiary/aromatic N) is 2. The van der Waals surface area contributed by atoms with E-state index in [1.807, 2.05) is 7.05 Å². The summed E-state index contributed by atoms with van der Waals surface area (Å²) in [5.74, 6) is 1.20. The monoisotopic (exact) mass is 307 g/mol. The molecule has 1 aromatic carbocycles. The molecular weight excluding hydrogens is 290 g/mol. The van der Waals surface area contributed by atoms with Gasteiger partial charge in [-0.15, -0.1) is 0 Å². The average molecular weight is 308 g/mol. The highest BCUT2D eigenvalue weighted by atomic mass is 79.9. The van der Waals surface area contributed by atoms with E-state index in [1.165, 1.54) is 5.56 Å². The minimum atomic E-state index is 0.527. The second kappa shape index (κ2) is 5.14. The lowest BCUT2D eigenvalue weighted by Gasteiger charge is -2.07. The van der Waals surface area contributed by atoms with Crippen LogP contribution in [-0.4, -0.2) is 9.78 Å². The molecule has 0 spiro atoms. The van der Waals surface area contributed by atoms with Gasteiger partial charge in [0, 0.05) is 12.6 Å². The van der Waals surface area contributed by atoms with Crippen LogP contribution < -0.4 is 5.73 Å². The van der Waals surface area contributed by atoms with E-state index in [9.17, 15) is 0 Å². The second-order valence-electron chi connectivity index (χ2n) is 4.97. The van der Waals surface area contributed by atoms with E-state index in [2.05, 4.69) is 59.1 Å². The lowest BCUT2D eigenvalue weighted by atomic mass is 10.0. The van der Waals surface area contributed by atoms with Gasteiger partial charge in [0.15, 0.2) is 5.82 Å². The number of hydrogen-bond acceptors (Lipinski definition) is 2. The van der Waals surface area contributed by atoms with E-state index in [0.29, 0.717) is 11.7 Å². The molecule has 0 aliphatic heterocycles. The molecule has 0 saturated carbocycles. The molecule has 0 aliphatic carbocycles. The first-order chi connectivity index (χ1) is 8.49. The van der Waals surface area contributed by atoms with Crippen molar-refractivity contribution in [3.05, 3.63) is 34.3 Å². The highest BCUT2D eigenvalue weighted by Gasteiger charge is 2.13. The van der Waals surface area contributed by atoms with Crippen LogP contribution in [0.1, 0.15) is 19.4 Å². The smallest absolute Gasteiger partial charge is 0.160 e. The molecule has 0 bridgehead atoms. The highest BCUT2D eigenvalue weighted by Crippen LogP contribution is 2.32. The van der Waals surface area contributed by atoms with Crippen molar-refractivity contribution in [3.63, 3.8) is 0 Å². The molecule has 0 radical (unpaired) electrons. The Balaban J connectivity index is 2.34. The Labute approximate surface area is 116 Å². The van der Waals surface area contributed by atoms with E-state index in [0.717, 1.165) is 22.2 Å². The SMILES string of the molecule is CC(C)Cc1ccc(-c2c(Br)c(N)nn2C)cc1. The lowest BCUT2D eigenvalue weighted by Crippen LogP contribution is -1.96. The number of benzene rings is 1. The number of rotatable bonds is 3. The Kier molecular flexibility index (Phi) is 3.76. The summed E-state index contributed by atoms with van der Waals surface area (Å²) in [6.45, 7) is 4.46. The highest BCUT2D eigenvalue weighted by molar-refractivity contribution is 9.10. The van der Waals surface area contributed by atoms with Crippen LogP contribution in [0, 0.1) is 5.92 Å². The fourth-order valence-corrected chi connectivity index (χ4v) is 2.67. The second-order valence-corrected chi connectivity index (χ2v) is 5.76. The van der Waals surface area contributed by atoms with E-state index in [4.69, 9.17) is 5.73 Å². The standard InChI is InChI=1S/C14H18BrN3/c1-9(2)8-10-4-6-11(7-5-10)13-12(15)14(16)17-18(13)3/h4-7,9H,8H2,1-3H3,(H2,16,17). The van der Waals surface area contributed by atoms with Gasteiger partial charge in [0.25, 0.3) is 0 Å². The molecule has 0 aliphatic rings. The number of aryl methyl sites for hydroxylation is 1. The number of hydrogen-bond donors (Lipinski definition) is 1. The fourth-order valence-electron chi connectivity index (χ4n) is 2.10. The maximum Gasteiger partial charge on any atom is 0.160 e. The summed E-state index contributed by atoms with van der Waals surface area (Å²) in [5.41, 5.74) is 9.30. The van der Waals surface area contributed by atoms with Gasteiger partial charge in [0.1, 0.15) is 0 Å². The zero-order valence-electron chi connectivity index (χ0n) is 10.9. The van der Waals surface area contributed by atoms with Gasteiger partial charge in [-0.2, -0.15) is 5.10 Å². The molecule has 0 saturated heterocycles. The number of nitrogen functional groups attached to an aromatic ring is 1. The number of aromatic nitrogens is 2. The molecule has 1 heterocycles. The van der Waals surface area contributed by atoms with Crippen molar-refractivity contribution in [2.75, 3.05) is 5.73 Å². The summed E-state index contributed by atoms with van der Waals surface area (Å²) in [6.07, 6.45) is 1.11. The van der Waals surface area contributed by atoms with E-state index >= 15 is 0 Å². The largest absolute Gasteiger partial charge is 0.381 e. The zero-order valence-corrected chi connectivity index (χ0v) is 12.5. The molecule has 4 heteroatoms. The predicted octanol–water partition coefficient (Wildman–Crippen LogP) is 3.63. The molecule has 3 nitrogen and oxygen atoms in total. The summed E-state index contributed by atoms with van der Waals surface area (Å²) < 4.78 is 2.67. The maximum absolute atomic E-state index is 5.80. The van der Waals surface area contributed by atoms with Crippen LogP contribution in [-0.2, 0) is 13.5 Å². The minimum absolute atomic E-state index is 0.527. The summed E-state index contributed by atoms with van der Waals surface area (Å²) >= 11 is 3.49. The molecule has 96 valence electrons. The van der Waals surface area contributed by atoms with Crippen molar-refractivity contribution in [2.45, 2.75) is 20.3 Å². The van der Waals surface area contributed by atoms with Crippen LogP contribution in [0.2, 0.25) is 0 Å². The average Bonchev–Trinajstić information content (AvgIpc) is 2.54. The topological polar surface area (TPSA) is 43.8 Å².